The minimum absolute atomic E-state index is 0.739. The molecule has 2 aromatic carbocycles. The average molecular weight is 303 g/mol. The maximum Gasteiger partial charge on any atom is 0.0655 e. The lowest BCUT2D eigenvalue weighted by atomic mass is 10.1. The maximum atomic E-state index is 4.39. The standard InChI is InChI=1S/C15H15BrN2/c1-12(14-9-5-6-10-15(14)16)18-17-11-13-7-3-2-4-8-13/h2-10,17H,11H2,1H3/b18-12+. The van der Waals surface area contributed by atoms with Crippen molar-refractivity contribution >= 4 is 21.6 Å². The molecule has 0 radical (unpaired) electrons. The molecule has 0 aliphatic heterocycles. The number of nitrogens with one attached hydrogen (secondary N) is 1. The van der Waals surface area contributed by atoms with Crippen LogP contribution in [0.1, 0.15) is 18.1 Å². The van der Waals surface area contributed by atoms with Crippen molar-refractivity contribution in [3.8, 4) is 0 Å². The van der Waals surface area contributed by atoms with Crippen LogP contribution in [0.25, 0.3) is 0 Å². The third-order valence-corrected chi connectivity index (χ3v) is 3.33. The number of hydrazone groups is 1. The second-order valence-corrected chi connectivity index (χ2v) is 4.85. The van der Waals surface area contributed by atoms with Gasteiger partial charge in [0.05, 0.1) is 12.3 Å². The predicted octanol–water partition coefficient (Wildman–Crippen LogP) is 3.96. The van der Waals surface area contributed by atoms with Crippen molar-refractivity contribution in [1.82, 2.24) is 5.43 Å². The van der Waals surface area contributed by atoms with E-state index in [1.54, 1.807) is 0 Å². The third-order valence-electron chi connectivity index (χ3n) is 2.64. The first-order valence-electron chi connectivity index (χ1n) is 5.83. The van der Waals surface area contributed by atoms with Crippen molar-refractivity contribution < 1.29 is 0 Å². The largest absolute Gasteiger partial charge is 0.305 e. The summed E-state index contributed by atoms with van der Waals surface area (Å²) in [7, 11) is 0. The van der Waals surface area contributed by atoms with Crippen LogP contribution in [0.5, 0.6) is 0 Å². The predicted molar refractivity (Wildman–Crippen MR) is 79.6 cm³/mol. The number of rotatable bonds is 4. The number of hydrogen-bond donors (Lipinski definition) is 1. The Balaban J connectivity index is 2.00. The molecule has 0 amide bonds. The normalized spacial score (nSPS) is 11.3. The molecule has 0 atom stereocenters. The minimum Gasteiger partial charge on any atom is -0.305 e. The van der Waals surface area contributed by atoms with Gasteiger partial charge in [-0.05, 0) is 18.6 Å². The zero-order chi connectivity index (χ0) is 12.8. The zero-order valence-electron chi connectivity index (χ0n) is 10.2. The zero-order valence-corrected chi connectivity index (χ0v) is 11.8. The van der Waals surface area contributed by atoms with E-state index in [0.717, 1.165) is 22.3 Å². The van der Waals surface area contributed by atoms with Crippen molar-refractivity contribution in [2.24, 2.45) is 5.10 Å². The highest BCUT2D eigenvalue weighted by molar-refractivity contribution is 9.10. The van der Waals surface area contributed by atoms with Gasteiger partial charge in [0.15, 0.2) is 0 Å². The summed E-state index contributed by atoms with van der Waals surface area (Å²) < 4.78 is 1.06. The number of benzene rings is 2. The van der Waals surface area contributed by atoms with Gasteiger partial charge in [0.25, 0.3) is 0 Å². The maximum absolute atomic E-state index is 4.39. The van der Waals surface area contributed by atoms with E-state index in [9.17, 15) is 0 Å². The highest BCUT2D eigenvalue weighted by Gasteiger charge is 2.01. The summed E-state index contributed by atoms with van der Waals surface area (Å²) in [5.74, 6) is 0. The van der Waals surface area contributed by atoms with Crippen LogP contribution in [0, 0.1) is 0 Å². The molecule has 2 nitrogen and oxygen atoms in total. The van der Waals surface area contributed by atoms with Gasteiger partial charge < -0.3 is 5.43 Å². The van der Waals surface area contributed by atoms with Crippen LogP contribution in [0.4, 0.5) is 0 Å². The van der Waals surface area contributed by atoms with E-state index in [4.69, 9.17) is 0 Å². The molecule has 3 heteroatoms. The molecule has 0 aliphatic carbocycles. The van der Waals surface area contributed by atoms with E-state index in [0.29, 0.717) is 0 Å². The van der Waals surface area contributed by atoms with Gasteiger partial charge >= 0.3 is 0 Å². The van der Waals surface area contributed by atoms with Crippen LogP contribution in [-0.2, 0) is 6.54 Å². The smallest absolute Gasteiger partial charge is 0.0655 e. The Bertz CT molecular complexity index is 535. The molecule has 0 unspecified atom stereocenters. The molecule has 18 heavy (non-hydrogen) atoms. The summed E-state index contributed by atoms with van der Waals surface area (Å²) in [5, 5.41) is 4.39. The van der Waals surface area contributed by atoms with Gasteiger partial charge in [-0.15, -0.1) is 0 Å². The van der Waals surface area contributed by atoms with Crippen molar-refractivity contribution in [1.29, 1.82) is 0 Å². The molecule has 0 heterocycles. The molecule has 0 saturated carbocycles. The van der Waals surface area contributed by atoms with Crippen LogP contribution in [0.15, 0.2) is 64.2 Å². The Hall–Kier alpha value is -1.61. The van der Waals surface area contributed by atoms with Crippen molar-refractivity contribution in [2.75, 3.05) is 0 Å². The number of halogens is 1. The van der Waals surface area contributed by atoms with Crippen molar-refractivity contribution in [3.05, 3.63) is 70.2 Å². The molecular formula is C15H15BrN2. The van der Waals surface area contributed by atoms with E-state index in [-0.39, 0.29) is 0 Å². The van der Waals surface area contributed by atoms with Crippen LogP contribution in [0.3, 0.4) is 0 Å². The fraction of sp³-hybridized carbons (Fsp3) is 0.133. The highest BCUT2D eigenvalue weighted by Crippen LogP contribution is 2.16. The Morgan fingerprint density at radius 3 is 2.44 bits per heavy atom. The number of nitrogens with zero attached hydrogens (tertiary/aromatic N) is 1. The van der Waals surface area contributed by atoms with Crippen LogP contribution >= 0.6 is 15.9 Å². The molecule has 92 valence electrons. The Kier molecular flexibility index (Phi) is 4.53. The first kappa shape index (κ1) is 12.8. The summed E-state index contributed by atoms with van der Waals surface area (Å²) in [6.45, 7) is 2.74. The lowest BCUT2D eigenvalue weighted by Gasteiger charge is -2.05. The van der Waals surface area contributed by atoms with E-state index >= 15 is 0 Å². The molecular weight excluding hydrogens is 288 g/mol. The average Bonchev–Trinajstić information content (AvgIpc) is 2.40. The molecule has 2 aromatic rings. The molecule has 2 rings (SSSR count). The number of hydrogen-bond acceptors (Lipinski definition) is 2. The van der Waals surface area contributed by atoms with Crippen LogP contribution in [0.2, 0.25) is 0 Å². The fourth-order valence-electron chi connectivity index (χ4n) is 1.66. The summed E-state index contributed by atoms with van der Waals surface area (Å²) >= 11 is 3.53. The van der Waals surface area contributed by atoms with Gasteiger partial charge in [0.2, 0.25) is 0 Å². The third kappa shape index (κ3) is 3.44. The fourth-order valence-corrected chi connectivity index (χ4v) is 2.23. The van der Waals surface area contributed by atoms with E-state index in [1.807, 2.05) is 49.4 Å². The minimum atomic E-state index is 0.739. The lowest BCUT2D eigenvalue weighted by molar-refractivity contribution is 0.744. The van der Waals surface area contributed by atoms with E-state index in [2.05, 4.69) is 38.6 Å². The van der Waals surface area contributed by atoms with Gasteiger partial charge in [0, 0.05) is 10.0 Å². The first-order chi connectivity index (χ1) is 8.77. The van der Waals surface area contributed by atoms with Crippen LogP contribution < -0.4 is 5.43 Å². The molecule has 0 spiro atoms. The van der Waals surface area contributed by atoms with Crippen molar-refractivity contribution in [2.45, 2.75) is 13.5 Å². The molecule has 1 N–H and O–H groups in total. The summed E-state index contributed by atoms with van der Waals surface area (Å²) in [6.07, 6.45) is 0. The van der Waals surface area contributed by atoms with Gasteiger partial charge in [0.1, 0.15) is 0 Å². The van der Waals surface area contributed by atoms with E-state index < -0.39 is 0 Å². The topological polar surface area (TPSA) is 24.4 Å². The van der Waals surface area contributed by atoms with Crippen molar-refractivity contribution in [3.63, 3.8) is 0 Å². The van der Waals surface area contributed by atoms with E-state index in [1.165, 1.54) is 5.56 Å². The van der Waals surface area contributed by atoms with Crippen LogP contribution in [-0.4, -0.2) is 5.71 Å². The quantitative estimate of drug-likeness (QED) is 0.671. The first-order valence-corrected chi connectivity index (χ1v) is 6.62. The summed E-state index contributed by atoms with van der Waals surface area (Å²) in [6, 6.07) is 18.3. The Morgan fingerprint density at radius 1 is 1.06 bits per heavy atom. The highest BCUT2D eigenvalue weighted by atomic mass is 79.9. The van der Waals surface area contributed by atoms with Gasteiger partial charge in [-0.25, -0.2) is 0 Å². The molecule has 0 aliphatic rings. The lowest BCUT2D eigenvalue weighted by Crippen LogP contribution is -2.09. The Labute approximate surface area is 116 Å². The molecule has 0 bridgehead atoms. The van der Waals surface area contributed by atoms with Gasteiger partial charge in [-0.3, -0.25) is 0 Å². The summed E-state index contributed by atoms with van der Waals surface area (Å²) in [5.41, 5.74) is 6.40. The summed E-state index contributed by atoms with van der Waals surface area (Å²) in [4.78, 5) is 0. The Morgan fingerprint density at radius 2 is 1.72 bits per heavy atom. The van der Waals surface area contributed by atoms with Gasteiger partial charge in [-0.2, -0.15) is 5.10 Å². The monoisotopic (exact) mass is 302 g/mol. The van der Waals surface area contributed by atoms with Gasteiger partial charge in [-0.1, -0.05) is 64.5 Å². The molecule has 0 fully saturated rings. The SMILES string of the molecule is C/C(=N\NCc1ccccc1)c1ccccc1Br. The molecule has 0 aromatic heterocycles. The second-order valence-electron chi connectivity index (χ2n) is 4.00. The second kappa shape index (κ2) is 6.36. The molecule has 0 saturated heterocycles.